The molecule has 0 fully saturated rings. The van der Waals surface area contributed by atoms with Crippen molar-refractivity contribution in [2.75, 3.05) is 11.9 Å². The van der Waals surface area contributed by atoms with Crippen molar-refractivity contribution < 1.29 is 13.2 Å². The van der Waals surface area contributed by atoms with Gasteiger partial charge in [0, 0.05) is 29.7 Å². The molecular weight excluding hydrogens is 444 g/mol. The van der Waals surface area contributed by atoms with Gasteiger partial charge in [-0.05, 0) is 37.6 Å². The van der Waals surface area contributed by atoms with Crippen molar-refractivity contribution in [3.8, 4) is 11.3 Å². The van der Waals surface area contributed by atoms with Crippen LogP contribution < -0.4 is 10.0 Å². The number of nitrogens with zero attached hydrogens (tertiary/aromatic N) is 2. The molecule has 0 aliphatic carbocycles. The van der Waals surface area contributed by atoms with Gasteiger partial charge in [-0.1, -0.05) is 55.0 Å². The molecule has 0 spiro atoms. The van der Waals surface area contributed by atoms with Crippen LogP contribution in [-0.2, 0) is 10.0 Å². The number of hydrogen-bond donors (Lipinski definition) is 2. The maximum Gasteiger partial charge on any atom is 0.267 e. The molecule has 0 aliphatic rings. The van der Waals surface area contributed by atoms with Gasteiger partial charge in [0.05, 0.1) is 10.6 Å². The van der Waals surface area contributed by atoms with E-state index in [1.165, 1.54) is 23.5 Å². The van der Waals surface area contributed by atoms with Crippen molar-refractivity contribution in [2.45, 2.75) is 31.6 Å². The number of benzene rings is 2. The van der Waals surface area contributed by atoms with Crippen molar-refractivity contribution in [1.29, 1.82) is 0 Å². The van der Waals surface area contributed by atoms with Gasteiger partial charge in [-0.3, -0.25) is 9.20 Å². The van der Waals surface area contributed by atoms with Gasteiger partial charge in [0.15, 0.2) is 4.96 Å². The summed E-state index contributed by atoms with van der Waals surface area (Å²) in [6.45, 7) is 4.29. The molecule has 2 N–H and O–H groups in total. The quantitative estimate of drug-likeness (QED) is 0.367. The van der Waals surface area contributed by atoms with Gasteiger partial charge in [-0.2, -0.15) is 0 Å². The fourth-order valence-corrected chi connectivity index (χ4v) is 5.36. The number of imidazole rings is 1. The van der Waals surface area contributed by atoms with Crippen molar-refractivity contribution in [2.24, 2.45) is 0 Å². The Labute approximate surface area is 191 Å². The van der Waals surface area contributed by atoms with Crippen LogP contribution in [0.25, 0.3) is 16.2 Å². The Balaban J connectivity index is 1.49. The number of nitrogens with one attached hydrogen (secondary N) is 2. The Bertz CT molecular complexity index is 1340. The summed E-state index contributed by atoms with van der Waals surface area (Å²) >= 11 is 1.32. The third-order valence-electron chi connectivity index (χ3n) is 5.08. The minimum atomic E-state index is -3.55. The zero-order valence-corrected chi connectivity index (χ0v) is 19.5. The minimum Gasteiger partial charge on any atom is -0.321 e. The second-order valence-corrected chi connectivity index (χ2v) is 10.1. The predicted octanol–water partition coefficient (Wildman–Crippen LogP) is 4.70. The van der Waals surface area contributed by atoms with Gasteiger partial charge >= 0.3 is 0 Å². The van der Waals surface area contributed by atoms with E-state index in [1.54, 1.807) is 12.1 Å². The molecule has 0 unspecified atom stereocenters. The minimum absolute atomic E-state index is 0.172. The first kappa shape index (κ1) is 22.2. The standard InChI is InChI=1S/C23H24N4O3S2/c1-3-4-14-24-32(29,30)19-12-10-18(11-13-19)25-22(28)21-16(2)27-15-20(26-23(27)31-21)17-8-6-5-7-9-17/h5-13,15,24H,3-4,14H2,1-2H3,(H,25,28). The van der Waals surface area contributed by atoms with Crippen LogP contribution in [0.5, 0.6) is 0 Å². The molecule has 2 heterocycles. The average Bonchev–Trinajstić information content (AvgIpc) is 3.34. The summed E-state index contributed by atoms with van der Waals surface area (Å²) in [7, 11) is -3.55. The lowest BCUT2D eigenvalue weighted by Crippen LogP contribution is -2.24. The van der Waals surface area contributed by atoms with Crippen LogP contribution in [0.15, 0.2) is 65.7 Å². The van der Waals surface area contributed by atoms with Crippen molar-refractivity contribution in [1.82, 2.24) is 14.1 Å². The van der Waals surface area contributed by atoms with Crippen LogP contribution >= 0.6 is 11.3 Å². The van der Waals surface area contributed by atoms with Gasteiger partial charge in [0.25, 0.3) is 5.91 Å². The van der Waals surface area contributed by atoms with Gasteiger partial charge in [0.2, 0.25) is 10.0 Å². The fourth-order valence-electron chi connectivity index (χ4n) is 3.28. The summed E-state index contributed by atoms with van der Waals surface area (Å²) in [5.74, 6) is -0.254. The number of amides is 1. The number of anilines is 1. The maximum absolute atomic E-state index is 12.8. The van der Waals surface area contributed by atoms with Crippen LogP contribution in [0.2, 0.25) is 0 Å². The molecule has 32 heavy (non-hydrogen) atoms. The molecule has 0 saturated heterocycles. The number of aromatic nitrogens is 2. The third-order valence-corrected chi connectivity index (χ3v) is 7.71. The average molecular weight is 469 g/mol. The van der Waals surface area contributed by atoms with Crippen LogP contribution in [-0.4, -0.2) is 30.3 Å². The second kappa shape index (κ2) is 9.23. The topological polar surface area (TPSA) is 92.6 Å². The van der Waals surface area contributed by atoms with Crippen LogP contribution in [0, 0.1) is 6.92 Å². The SMILES string of the molecule is CCCCNS(=O)(=O)c1ccc(NC(=O)c2sc3nc(-c4ccccc4)cn3c2C)cc1. The van der Waals surface area contributed by atoms with E-state index in [9.17, 15) is 13.2 Å². The summed E-state index contributed by atoms with van der Waals surface area (Å²) in [6, 6.07) is 16.0. The first-order valence-electron chi connectivity index (χ1n) is 10.3. The number of aryl methyl sites for hydroxylation is 1. The van der Waals surface area contributed by atoms with Gasteiger partial charge in [-0.15, -0.1) is 0 Å². The Hall–Kier alpha value is -3.01. The largest absolute Gasteiger partial charge is 0.321 e. The molecule has 2 aromatic heterocycles. The number of thiazole rings is 1. The number of unbranched alkanes of at least 4 members (excludes halogenated alkanes) is 1. The zero-order valence-electron chi connectivity index (χ0n) is 17.8. The molecule has 0 radical (unpaired) electrons. The third kappa shape index (κ3) is 4.59. The monoisotopic (exact) mass is 468 g/mol. The predicted molar refractivity (Wildman–Crippen MR) is 128 cm³/mol. The smallest absolute Gasteiger partial charge is 0.267 e. The molecule has 0 atom stereocenters. The molecule has 2 aromatic carbocycles. The summed E-state index contributed by atoms with van der Waals surface area (Å²) in [5, 5.41) is 2.84. The number of fused-ring (bicyclic) bond motifs is 1. The van der Waals surface area contributed by atoms with Crippen LogP contribution in [0.3, 0.4) is 0 Å². The van der Waals surface area contributed by atoms with Gasteiger partial charge in [0.1, 0.15) is 4.88 Å². The Morgan fingerprint density at radius 1 is 1.09 bits per heavy atom. The highest BCUT2D eigenvalue weighted by Crippen LogP contribution is 2.28. The first-order chi connectivity index (χ1) is 15.4. The molecule has 0 saturated carbocycles. The lowest BCUT2D eigenvalue weighted by atomic mass is 10.2. The lowest BCUT2D eigenvalue weighted by molar-refractivity contribution is 0.102. The van der Waals surface area contributed by atoms with E-state index in [1.807, 2.05) is 54.8 Å². The first-order valence-corrected chi connectivity index (χ1v) is 12.6. The molecule has 0 bridgehead atoms. The Morgan fingerprint density at radius 3 is 2.47 bits per heavy atom. The fraction of sp³-hybridized carbons (Fsp3) is 0.217. The van der Waals surface area contributed by atoms with E-state index >= 15 is 0 Å². The van der Waals surface area contributed by atoms with Crippen molar-refractivity contribution >= 4 is 37.9 Å². The highest BCUT2D eigenvalue weighted by Gasteiger charge is 2.19. The molecule has 1 amide bonds. The Morgan fingerprint density at radius 2 is 1.81 bits per heavy atom. The number of sulfonamides is 1. The highest BCUT2D eigenvalue weighted by atomic mass is 32.2. The van der Waals surface area contributed by atoms with E-state index in [2.05, 4.69) is 15.0 Å². The summed E-state index contributed by atoms with van der Waals surface area (Å²) in [4.78, 5) is 19.0. The highest BCUT2D eigenvalue weighted by molar-refractivity contribution is 7.89. The van der Waals surface area contributed by atoms with Crippen LogP contribution in [0.1, 0.15) is 35.1 Å². The van der Waals surface area contributed by atoms with E-state index in [0.29, 0.717) is 17.1 Å². The lowest BCUT2D eigenvalue weighted by Gasteiger charge is -2.08. The maximum atomic E-state index is 12.8. The van der Waals surface area contributed by atoms with Crippen molar-refractivity contribution in [3.05, 3.63) is 71.4 Å². The van der Waals surface area contributed by atoms with Gasteiger partial charge < -0.3 is 5.32 Å². The molecule has 166 valence electrons. The second-order valence-electron chi connectivity index (χ2n) is 7.39. The van der Waals surface area contributed by atoms with Crippen LogP contribution in [0.4, 0.5) is 5.69 Å². The molecule has 4 aromatic rings. The number of rotatable bonds is 8. The zero-order chi connectivity index (χ0) is 22.7. The number of hydrogen-bond acceptors (Lipinski definition) is 5. The normalized spacial score (nSPS) is 11.7. The summed E-state index contributed by atoms with van der Waals surface area (Å²) in [6.07, 6.45) is 3.62. The number of carbonyl (C=O) groups is 1. The Kier molecular flexibility index (Phi) is 6.40. The van der Waals surface area contributed by atoms with Gasteiger partial charge in [-0.25, -0.2) is 18.1 Å². The number of carbonyl (C=O) groups excluding carboxylic acids is 1. The molecular formula is C23H24N4O3S2. The summed E-state index contributed by atoms with van der Waals surface area (Å²) in [5.41, 5.74) is 3.21. The molecule has 7 nitrogen and oxygen atoms in total. The van der Waals surface area contributed by atoms with E-state index < -0.39 is 10.0 Å². The van der Waals surface area contributed by atoms with E-state index in [0.717, 1.165) is 34.8 Å². The molecule has 4 rings (SSSR count). The van der Waals surface area contributed by atoms with E-state index in [-0.39, 0.29) is 10.8 Å². The molecule has 9 heteroatoms. The van der Waals surface area contributed by atoms with E-state index in [4.69, 9.17) is 0 Å². The van der Waals surface area contributed by atoms with Crippen molar-refractivity contribution in [3.63, 3.8) is 0 Å². The summed E-state index contributed by atoms with van der Waals surface area (Å²) < 4.78 is 29.1. The molecule has 0 aliphatic heterocycles.